The Morgan fingerprint density at radius 3 is 2.45 bits per heavy atom. The fourth-order valence-corrected chi connectivity index (χ4v) is 1.17. The van der Waals surface area contributed by atoms with Gasteiger partial charge in [-0.2, -0.15) is 13.2 Å². The Balaban J connectivity index is 1.87. The fourth-order valence-electron chi connectivity index (χ4n) is 0.717. The van der Waals surface area contributed by atoms with Crippen LogP contribution in [0.25, 0.3) is 0 Å². The van der Waals surface area contributed by atoms with Crippen LogP contribution in [-0.2, 0) is 0 Å². The standard InChI is InChI=1S/C6H10F3NS/c7-6(8,9)11-4-3-10-5-1-2-5/h5,10H,1-4H2. The minimum absolute atomic E-state index is 0.0408. The Morgan fingerprint density at radius 2 is 2.00 bits per heavy atom. The van der Waals surface area contributed by atoms with E-state index < -0.39 is 5.51 Å². The molecule has 0 aliphatic heterocycles. The zero-order valence-electron chi connectivity index (χ0n) is 5.95. The Kier molecular flexibility index (Phi) is 3.06. The van der Waals surface area contributed by atoms with Crippen LogP contribution in [0.15, 0.2) is 0 Å². The monoisotopic (exact) mass is 185 g/mol. The van der Waals surface area contributed by atoms with Crippen molar-refractivity contribution < 1.29 is 13.2 Å². The number of thioether (sulfide) groups is 1. The van der Waals surface area contributed by atoms with Crippen LogP contribution in [0, 0.1) is 0 Å². The third-order valence-corrected chi connectivity index (χ3v) is 2.11. The summed E-state index contributed by atoms with van der Waals surface area (Å²) in [5.41, 5.74) is -4.06. The molecule has 0 unspecified atom stereocenters. The summed E-state index contributed by atoms with van der Waals surface area (Å²) in [6.45, 7) is 0.467. The summed E-state index contributed by atoms with van der Waals surface area (Å²) in [6.07, 6.45) is 2.24. The zero-order valence-corrected chi connectivity index (χ0v) is 6.76. The summed E-state index contributed by atoms with van der Waals surface area (Å²) < 4.78 is 34.6. The molecule has 0 atom stereocenters. The number of nitrogens with one attached hydrogen (secondary N) is 1. The second-order valence-electron chi connectivity index (χ2n) is 2.52. The summed E-state index contributed by atoms with van der Waals surface area (Å²) in [4.78, 5) is 0. The maximum atomic E-state index is 11.5. The van der Waals surface area contributed by atoms with E-state index in [1.54, 1.807) is 0 Å². The van der Waals surface area contributed by atoms with E-state index in [1.807, 2.05) is 0 Å². The second-order valence-corrected chi connectivity index (χ2v) is 3.68. The largest absolute Gasteiger partial charge is 0.441 e. The predicted molar refractivity (Wildman–Crippen MR) is 39.5 cm³/mol. The van der Waals surface area contributed by atoms with E-state index in [4.69, 9.17) is 0 Å². The maximum absolute atomic E-state index is 11.5. The molecule has 66 valence electrons. The first-order valence-electron chi connectivity index (χ1n) is 3.52. The van der Waals surface area contributed by atoms with Crippen LogP contribution >= 0.6 is 11.8 Å². The van der Waals surface area contributed by atoms with Gasteiger partial charge in [0.15, 0.2) is 0 Å². The van der Waals surface area contributed by atoms with Crippen LogP contribution in [0.2, 0.25) is 0 Å². The molecule has 0 spiro atoms. The quantitative estimate of drug-likeness (QED) is 0.672. The molecule has 0 aromatic rings. The molecule has 11 heavy (non-hydrogen) atoms. The number of rotatable bonds is 4. The molecular weight excluding hydrogens is 175 g/mol. The van der Waals surface area contributed by atoms with E-state index in [0.29, 0.717) is 12.6 Å². The molecule has 0 amide bonds. The highest BCUT2D eigenvalue weighted by Crippen LogP contribution is 2.29. The first kappa shape index (κ1) is 9.19. The van der Waals surface area contributed by atoms with Gasteiger partial charge in [-0.05, 0) is 24.6 Å². The van der Waals surface area contributed by atoms with Crippen LogP contribution in [0.4, 0.5) is 13.2 Å². The van der Waals surface area contributed by atoms with Gasteiger partial charge >= 0.3 is 5.51 Å². The van der Waals surface area contributed by atoms with Crippen LogP contribution < -0.4 is 5.32 Å². The summed E-state index contributed by atoms with van der Waals surface area (Å²) in [7, 11) is 0. The van der Waals surface area contributed by atoms with Crippen LogP contribution in [0.3, 0.4) is 0 Å². The molecule has 1 fully saturated rings. The van der Waals surface area contributed by atoms with Gasteiger partial charge in [0.2, 0.25) is 0 Å². The molecular formula is C6H10F3NS. The van der Waals surface area contributed by atoms with E-state index >= 15 is 0 Å². The molecule has 1 aliphatic carbocycles. The zero-order chi connectivity index (χ0) is 8.32. The third-order valence-electron chi connectivity index (χ3n) is 1.38. The Hall–Kier alpha value is 0.1000. The summed E-state index contributed by atoms with van der Waals surface area (Å²) in [5, 5.41) is 3.01. The van der Waals surface area contributed by atoms with Crippen molar-refractivity contribution in [1.82, 2.24) is 5.32 Å². The first-order chi connectivity index (χ1) is 5.08. The number of hydrogen-bond donors (Lipinski definition) is 1. The third kappa shape index (κ3) is 5.38. The SMILES string of the molecule is FC(F)(F)SCCNC1CC1. The Morgan fingerprint density at radius 1 is 1.36 bits per heavy atom. The normalized spacial score (nSPS) is 18.8. The topological polar surface area (TPSA) is 12.0 Å². The van der Waals surface area contributed by atoms with E-state index in [0.717, 1.165) is 12.8 Å². The molecule has 1 N–H and O–H groups in total. The first-order valence-corrected chi connectivity index (χ1v) is 4.50. The Bertz CT molecular complexity index is 121. The van der Waals surface area contributed by atoms with Gasteiger partial charge in [-0.25, -0.2) is 0 Å². The molecule has 1 aliphatic rings. The molecule has 0 saturated heterocycles. The highest BCUT2D eigenvalue weighted by molar-refractivity contribution is 8.00. The van der Waals surface area contributed by atoms with Gasteiger partial charge in [0.1, 0.15) is 0 Å². The van der Waals surface area contributed by atoms with E-state index in [9.17, 15) is 13.2 Å². The smallest absolute Gasteiger partial charge is 0.313 e. The number of alkyl halides is 3. The molecule has 0 heterocycles. The summed E-state index contributed by atoms with van der Waals surface area (Å²) in [5.74, 6) is 0.125. The van der Waals surface area contributed by atoms with Gasteiger partial charge in [0.05, 0.1) is 0 Å². The van der Waals surface area contributed by atoms with Crippen LogP contribution in [-0.4, -0.2) is 23.8 Å². The van der Waals surface area contributed by atoms with Crippen molar-refractivity contribution in [3.05, 3.63) is 0 Å². The van der Waals surface area contributed by atoms with Gasteiger partial charge in [-0.1, -0.05) is 0 Å². The Labute approximate surface area is 67.7 Å². The molecule has 0 bridgehead atoms. The molecule has 1 saturated carbocycles. The van der Waals surface area contributed by atoms with Crippen molar-refractivity contribution >= 4 is 11.8 Å². The van der Waals surface area contributed by atoms with Gasteiger partial charge in [-0.3, -0.25) is 0 Å². The molecule has 1 nitrogen and oxygen atoms in total. The molecule has 5 heteroatoms. The number of halogens is 3. The van der Waals surface area contributed by atoms with Gasteiger partial charge in [-0.15, -0.1) is 0 Å². The minimum Gasteiger partial charge on any atom is -0.313 e. The van der Waals surface area contributed by atoms with Crippen LogP contribution in [0.5, 0.6) is 0 Å². The molecule has 0 aromatic carbocycles. The highest BCUT2D eigenvalue weighted by atomic mass is 32.2. The minimum atomic E-state index is -4.06. The highest BCUT2D eigenvalue weighted by Gasteiger charge is 2.28. The van der Waals surface area contributed by atoms with Gasteiger partial charge in [0.25, 0.3) is 0 Å². The fraction of sp³-hybridized carbons (Fsp3) is 1.00. The molecule has 0 aromatic heterocycles. The van der Waals surface area contributed by atoms with Crippen molar-refractivity contribution in [2.24, 2.45) is 0 Å². The maximum Gasteiger partial charge on any atom is 0.441 e. The van der Waals surface area contributed by atoms with Crippen molar-refractivity contribution in [3.8, 4) is 0 Å². The van der Waals surface area contributed by atoms with Crippen molar-refractivity contribution in [2.75, 3.05) is 12.3 Å². The average Bonchev–Trinajstić information content (AvgIpc) is 2.60. The summed E-state index contributed by atoms with van der Waals surface area (Å²) in [6, 6.07) is 0.504. The van der Waals surface area contributed by atoms with E-state index in [-0.39, 0.29) is 17.5 Å². The van der Waals surface area contributed by atoms with Crippen LogP contribution in [0.1, 0.15) is 12.8 Å². The molecule has 0 radical (unpaired) electrons. The lowest BCUT2D eigenvalue weighted by Crippen LogP contribution is -2.20. The lowest BCUT2D eigenvalue weighted by atomic mass is 10.6. The predicted octanol–water partition coefficient (Wildman–Crippen LogP) is 1.99. The average molecular weight is 185 g/mol. The number of hydrogen-bond acceptors (Lipinski definition) is 2. The van der Waals surface area contributed by atoms with Crippen molar-refractivity contribution in [1.29, 1.82) is 0 Å². The van der Waals surface area contributed by atoms with Gasteiger partial charge < -0.3 is 5.32 Å². The second kappa shape index (κ2) is 3.67. The molecule has 1 rings (SSSR count). The van der Waals surface area contributed by atoms with Crippen molar-refractivity contribution in [3.63, 3.8) is 0 Å². The van der Waals surface area contributed by atoms with Crippen molar-refractivity contribution in [2.45, 2.75) is 24.4 Å². The van der Waals surface area contributed by atoms with Gasteiger partial charge in [0, 0.05) is 18.3 Å². The lowest BCUT2D eigenvalue weighted by molar-refractivity contribution is -0.0327. The van der Waals surface area contributed by atoms with E-state index in [2.05, 4.69) is 5.32 Å². The van der Waals surface area contributed by atoms with E-state index in [1.165, 1.54) is 0 Å². The lowest BCUT2D eigenvalue weighted by Gasteiger charge is -2.05. The summed E-state index contributed by atoms with van der Waals surface area (Å²) >= 11 is 0.0408.